The van der Waals surface area contributed by atoms with Crippen molar-refractivity contribution in [1.82, 2.24) is 4.90 Å². The van der Waals surface area contributed by atoms with Gasteiger partial charge in [-0.3, -0.25) is 9.69 Å². The Morgan fingerprint density at radius 2 is 2.10 bits per heavy atom. The van der Waals surface area contributed by atoms with Crippen molar-refractivity contribution in [2.45, 2.75) is 37.6 Å². The minimum atomic E-state index is -0.637. The third-order valence-electron chi connectivity index (χ3n) is 4.35. The van der Waals surface area contributed by atoms with Crippen LogP contribution in [0.1, 0.15) is 31.7 Å². The molecule has 1 aromatic carbocycles. The molecule has 1 fully saturated rings. The number of carboxylic acid groups (broad SMARTS) is 1. The first-order valence-electron chi connectivity index (χ1n) is 7.18. The van der Waals surface area contributed by atoms with E-state index in [2.05, 4.69) is 35.4 Å². The lowest BCUT2D eigenvalue weighted by Gasteiger charge is -2.39. The number of hydrogen-bond acceptors (Lipinski definition) is 3. The van der Waals surface area contributed by atoms with Crippen LogP contribution in [0.2, 0.25) is 0 Å². The summed E-state index contributed by atoms with van der Waals surface area (Å²) in [6.45, 7) is 4.51. The van der Waals surface area contributed by atoms with E-state index in [9.17, 15) is 9.90 Å². The number of aliphatic carboxylic acids is 1. The summed E-state index contributed by atoms with van der Waals surface area (Å²) in [5.41, 5.74) is 0.720. The van der Waals surface area contributed by atoms with Crippen LogP contribution in [0.25, 0.3) is 0 Å². The first-order chi connectivity index (χ1) is 9.59. The van der Waals surface area contributed by atoms with Gasteiger partial charge in [-0.05, 0) is 49.8 Å². The van der Waals surface area contributed by atoms with Crippen LogP contribution in [0.15, 0.2) is 29.2 Å². The Balaban J connectivity index is 2.03. The third-order valence-corrected chi connectivity index (χ3v) is 5.10. The van der Waals surface area contributed by atoms with Gasteiger partial charge < -0.3 is 5.11 Å². The largest absolute Gasteiger partial charge is 0.481 e. The number of benzene rings is 1. The summed E-state index contributed by atoms with van der Waals surface area (Å²) in [7, 11) is 0. The summed E-state index contributed by atoms with van der Waals surface area (Å²) < 4.78 is 0. The van der Waals surface area contributed by atoms with Crippen molar-refractivity contribution < 1.29 is 9.90 Å². The van der Waals surface area contributed by atoms with Crippen molar-refractivity contribution in [3.05, 3.63) is 29.8 Å². The van der Waals surface area contributed by atoms with Crippen molar-refractivity contribution >= 4 is 17.7 Å². The van der Waals surface area contributed by atoms with E-state index in [1.807, 2.05) is 6.92 Å². The molecule has 1 aliphatic heterocycles. The van der Waals surface area contributed by atoms with E-state index in [4.69, 9.17) is 0 Å². The van der Waals surface area contributed by atoms with Gasteiger partial charge in [0.25, 0.3) is 0 Å². The number of rotatable bonds is 5. The molecule has 0 saturated carbocycles. The van der Waals surface area contributed by atoms with E-state index in [0.29, 0.717) is 13.0 Å². The molecule has 1 atom stereocenters. The van der Waals surface area contributed by atoms with E-state index in [1.54, 1.807) is 11.8 Å². The van der Waals surface area contributed by atoms with Crippen LogP contribution in [0.5, 0.6) is 0 Å². The molecule has 110 valence electrons. The average molecular weight is 293 g/mol. The first-order valence-corrected chi connectivity index (χ1v) is 8.41. The maximum atomic E-state index is 11.6. The second kappa shape index (κ2) is 6.64. The van der Waals surface area contributed by atoms with E-state index in [0.717, 1.165) is 25.9 Å². The highest BCUT2D eigenvalue weighted by Crippen LogP contribution is 2.34. The summed E-state index contributed by atoms with van der Waals surface area (Å²) in [5.74, 6) is -0.637. The Bertz CT molecular complexity index is 460. The minimum Gasteiger partial charge on any atom is -0.481 e. The maximum Gasteiger partial charge on any atom is 0.310 e. The average Bonchev–Trinajstić information content (AvgIpc) is 2.48. The predicted molar refractivity (Wildman–Crippen MR) is 83.1 cm³/mol. The molecule has 3 nitrogen and oxygen atoms in total. The molecule has 0 amide bonds. The van der Waals surface area contributed by atoms with Gasteiger partial charge >= 0.3 is 5.97 Å². The fraction of sp³-hybridized carbons (Fsp3) is 0.562. The van der Waals surface area contributed by atoms with Crippen molar-refractivity contribution in [2.24, 2.45) is 5.41 Å². The predicted octanol–water partition coefficient (Wildman–Crippen LogP) is 3.49. The molecule has 1 N–H and O–H groups in total. The number of carboxylic acids is 1. The van der Waals surface area contributed by atoms with Gasteiger partial charge in [0, 0.05) is 18.0 Å². The lowest BCUT2D eigenvalue weighted by atomic mass is 9.77. The Labute approximate surface area is 125 Å². The topological polar surface area (TPSA) is 40.5 Å². The van der Waals surface area contributed by atoms with Crippen LogP contribution in [0, 0.1) is 5.41 Å². The number of piperidine rings is 1. The smallest absolute Gasteiger partial charge is 0.310 e. The summed E-state index contributed by atoms with van der Waals surface area (Å²) in [5, 5.41) is 9.51. The number of carbonyl (C=O) groups is 1. The van der Waals surface area contributed by atoms with Crippen LogP contribution in [-0.4, -0.2) is 35.3 Å². The van der Waals surface area contributed by atoms with Gasteiger partial charge in [-0.2, -0.15) is 0 Å². The Kier molecular flexibility index (Phi) is 5.11. The fourth-order valence-electron chi connectivity index (χ4n) is 2.97. The lowest BCUT2D eigenvalue weighted by Crippen LogP contribution is -2.47. The zero-order valence-corrected chi connectivity index (χ0v) is 13.1. The minimum absolute atomic E-state index is 0.544. The molecule has 20 heavy (non-hydrogen) atoms. The van der Waals surface area contributed by atoms with Crippen molar-refractivity contribution in [3.63, 3.8) is 0 Å². The molecular formula is C16H23NO2S. The number of hydrogen-bond donors (Lipinski definition) is 1. The van der Waals surface area contributed by atoms with Crippen LogP contribution in [0.4, 0.5) is 0 Å². The van der Waals surface area contributed by atoms with Crippen molar-refractivity contribution in [1.29, 1.82) is 0 Å². The molecule has 1 aliphatic rings. The maximum absolute atomic E-state index is 11.6. The van der Waals surface area contributed by atoms with E-state index >= 15 is 0 Å². The molecular weight excluding hydrogens is 270 g/mol. The summed E-state index contributed by atoms with van der Waals surface area (Å²) in [6.07, 6.45) is 4.57. The quantitative estimate of drug-likeness (QED) is 0.844. The molecule has 1 aromatic rings. The highest BCUT2D eigenvalue weighted by molar-refractivity contribution is 7.98. The lowest BCUT2D eigenvalue weighted by molar-refractivity contribution is -0.153. The van der Waals surface area contributed by atoms with Gasteiger partial charge in [0.1, 0.15) is 0 Å². The standard InChI is InChI=1S/C16H23NO2S/c1-3-16(15(18)19)9-4-10-17(12-16)11-13-5-7-14(20-2)8-6-13/h5-8H,3-4,9-12H2,1-2H3,(H,18,19). The third kappa shape index (κ3) is 3.36. The second-order valence-corrected chi connectivity index (χ2v) is 6.48. The fourth-order valence-corrected chi connectivity index (χ4v) is 3.37. The zero-order chi connectivity index (χ0) is 14.6. The van der Waals surface area contributed by atoms with Crippen LogP contribution < -0.4 is 0 Å². The van der Waals surface area contributed by atoms with Gasteiger partial charge in [-0.25, -0.2) is 0 Å². The second-order valence-electron chi connectivity index (χ2n) is 5.60. The highest BCUT2D eigenvalue weighted by Gasteiger charge is 2.40. The Hall–Kier alpha value is -1.00. The molecule has 0 radical (unpaired) electrons. The first kappa shape index (κ1) is 15.4. The normalized spacial score (nSPS) is 23.7. The molecule has 0 bridgehead atoms. The zero-order valence-electron chi connectivity index (χ0n) is 12.3. The number of nitrogens with zero attached hydrogens (tertiary/aromatic N) is 1. The van der Waals surface area contributed by atoms with Gasteiger partial charge in [-0.15, -0.1) is 11.8 Å². The van der Waals surface area contributed by atoms with Gasteiger partial charge in [0.05, 0.1) is 5.41 Å². The number of likely N-dealkylation sites (tertiary alicyclic amines) is 1. The van der Waals surface area contributed by atoms with Gasteiger partial charge in [0.2, 0.25) is 0 Å². The summed E-state index contributed by atoms with van der Waals surface area (Å²) >= 11 is 1.74. The molecule has 1 unspecified atom stereocenters. The molecule has 1 heterocycles. The monoisotopic (exact) mass is 293 g/mol. The molecule has 0 aromatic heterocycles. The molecule has 1 saturated heterocycles. The molecule has 0 spiro atoms. The van der Waals surface area contributed by atoms with Crippen LogP contribution in [0.3, 0.4) is 0 Å². The summed E-state index contributed by atoms with van der Waals surface area (Å²) in [6, 6.07) is 8.56. The van der Waals surface area contributed by atoms with Crippen molar-refractivity contribution in [2.75, 3.05) is 19.3 Å². The molecule has 2 rings (SSSR count). The Morgan fingerprint density at radius 1 is 1.40 bits per heavy atom. The van der Waals surface area contributed by atoms with Crippen molar-refractivity contribution in [3.8, 4) is 0 Å². The van der Waals surface area contributed by atoms with E-state index in [-0.39, 0.29) is 0 Å². The molecule has 4 heteroatoms. The van der Waals surface area contributed by atoms with Gasteiger partial charge in [-0.1, -0.05) is 19.1 Å². The van der Waals surface area contributed by atoms with E-state index < -0.39 is 11.4 Å². The molecule has 0 aliphatic carbocycles. The summed E-state index contributed by atoms with van der Waals surface area (Å²) in [4.78, 5) is 15.1. The Morgan fingerprint density at radius 3 is 2.65 bits per heavy atom. The van der Waals surface area contributed by atoms with E-state index in [1.165, 1.54) is 10.5 Å². The SMILES string of the molecule is CCC1(C(=O)O)CCCN(Cc2ccc(SC)cc2)C1. The van der Waals surface area contributed by atoms with Gasteiger partial charge in [0.15, 0.2) is 0 Å². The van der Waals surface area contributed by atoms with Crippen LogP contribution >= 0.6 is 11.8 Å². The van der Waals surface area contributed by atoms with Crippen LogP contribution in [-0.2, 0) is 11.3 Å². The highest BCUT2D eigenvalue weighted by atomic mass is 32.2. The number of thioether (sulfide) groups is 1.